The van der Waals surface area contributed by atoms with Crippen LogP contribution in [-0.4, -0.2) is 88.9 Å². The summed E-state index contributed by atoms with van der Waals surface area (Å²) in [6.45, 7) is 5.03. The van der Waals surface area contributed by atoms with Gasteiger partial charge in [0, 0.05) is 40.3 Å². The summed E-state index contributed by atoms with van der Waals surface area (Å²) in [7, 11) is 6.59. The molecule has 1 aromatic heterocycles. The van der Waals surface area contributed by atoms with Crippen LogP contribution in [0.2, 0.25) is 5.02 Å². The van der Waals surface area contributed by atoms with Crippen LogP contribution >= 0.6 is 11.6 Å². The molecule has 1 amide bonds. The number of hydrogen-bond acceptors (Lipinski definition) is 10. The number of anilines is 6. The predicted molar refractivity (Wildman–Crippen MR) is 165 cm³/mol. The highest BCUT2D eigenvalue weighted by molar-refractivity contribution is 7.89. The van der Waals surface area contributed by atoms with Crippen LogP contribution in [0.4, 0.5) is 34.5 Å². The zero-order chi connectivity index (χ0) is 30.3. The van der Waals surface area contributed by atoms with Gasteiger partial charge in [0.05, 0.1) is 36.1 Å². The Morgan fingerprint density at radius 2 is 1.76 bits per heavy atom. The Labute approximate surface area is 246 Å². The van der Waals surface area contributed by atoms with Gasteiger partial charge in [0.1, 0.15) is 15.7 Å². The summed E-state index contributed by atoms with van der Waals surface area (Å²) in [4.78, 5) is 25.1. The van der Waals surface area contributed by atoms with E-state index >= 15 is 0 Å². The molecule has 0 radical (unpaired) electrons. The lowest BCUT2D eigenvalue weighted by Gasteiger charge is -2.26. The van der Waals surface area contributed by atoms with Crippen molar-refractivity contribution in [1.29, 1.82) is 0 Å². The van der Waals surface area contributed by atoms with Crippen LogP contribution in [0.15, 0.2) is 60.1 Å². The van der Waals surface area contributed by atoms with Crippen molar-refractivity contribution in [2.45, 2.75) is 4.90 Å². The van der Waals surface area contributed by atoms with E-state index in [2.05, 4.69) is 37.4 Å². The minimum atomic E-state index is -3.74. The van der Waals surface area contributed by atoms with E-state index in [-0.39, 0.29) is 27.6 Å². The molecule has 3 rings (SSSR count). The number of hydrogen-bond donors (Lipinski definition) is 3. The van der Waals surface area contributed by atoms with Gasteiger partial charge in [-0.15, -0.1) is 0 Å². The Bertz CT molecular complexity index is 1520. The molecule has 0 aliphatic carbocycles. The van der Waals surface area contributed by atoms with Crippen molar-refractivity contribution in [3.05, 3.63) is 60.3 Å². The first-order valence-electron chi connectivity index (χ1n) is 12.5. The van der Waals surface area contributed by atoms with E-state index < -0.39 is 10.0 Å². The second-order valence-corrected chi connectivity index (χ2v) is 11.9. The van der Waals surface area contributed by atoms with Gasteiger partial charge in [0.2, 0.25) is 21.9 Å². The number of aromatic nitrogens is 2. The number of carbonyl (C=O) groups is 1. The monoisotopic (exact) mass is 602 g/mol. The predicted octanol–water partition coefficient (Wildman–Crippen LogP) is 4.00. The van der Waals surface area contributed by atoms with Gasteiger partial charge in [-0.2, -0.15) is 4.98 Å². The minimum absolute atomic E-state index is 0.0624. The van der Waals surface area contributed by atoms with Crippen LogP contribution < -0.4 is 25.6 Å². The van der Waals surface area contributed by atoms with Crippen molar-refractivity contribution in [3.63, 3.8) is 0 Å². The van der Waals surface area contributed by atoms with Gasteiger partial charge in [-0.25, -0.2) is 17.7 Å². The Balaban J connectivity index is 2.00. The number of rotatable bonds is 13. The van der Waals surface area contributed by atoms with Crippen molar-refractivity contribution in [1.82, 2.24) is 19.2 Å². The third kappa shape index (κ3) is 7.85. The van der Waals surface area contributed by atoms with E-state index in [1.54, 1.807) is 30.3 Å². The largest absolute Gasteiger partial charge is 0.494 e. The van der Waals surface area contributed by atoms with Crippen LogP contribution in [0, 0.1) is 0 Å². The Morgan fingerprint density at radius 3 is 2.39 bits per heavy atom. The minimum Gasteiger partial charge on any atom is -0.494 e. The molecular formula is C27H35ClN8O4S. The summed E-state index contributed by atoms with van der Waals surface area (Å²) in [5.41, 5.74) is 2.03. The molecule has 0 atom stereocenters. The van der Waals surface area contributed by atoms with Gasteiger partial charge in [-0.3, -0.25) is 4.79 Å². The fourth-order valence-electron chi connectivity index (χ4n) is 3.66. The summed E-state index contributed by atoms with van der Waals surface area (Å²) in [6, 6.07) is 9.96. The van der Waals surface area contributed by atoms with E-state index in [9.17, 15) is 13.2 Å². The first-order chi connectivity index (χ1) is 19.4. The number of sulfonamides is 1. The van der Waals surface area contributed by atoms with Crippen molar-refractivity contribution in [3.8, 4) is 5.75 Å². The molecule has 1 heterocycles. The molecule has 14 heteroatoms. The van der Waals surface area contributed by atoms with E-state index in [1.807, 2.05) is 26.0 Å². The lowest BCUT2D eigenvalue weighted by Crippen LogP contribution is -2.29. The third-order valence-corrected chi connectivity index (χ3v) is 8.09. The maximum atomic E-state index is 12.8. The zero-order valence-corrected chi connectivity index (χ0v) is 25.5. The highest BCUT2D eigenvalue weighted by atomic mass is 35.5. The fraction of sp³-hybridized carbons (Fsp3) is 0.296. The molecular weight excluding hydrogens is 568 g/mol. The van der Waals surface area contributed by atoms with Crippen LogP contribution in [-0.2, 0) is 14.8 Å². The maximum absolute atomic E-state index is 12.8. The van der Waals surface area contributed by atoms with Crippen molar-refractivity contribution in [2.24, 2.45) is 0 Å². The molecule has 41 heavy (non-hydrogen) atoms. The lowest BCUT2D eigenvalue weighted by molar-refractivity contribution is -0.111. The molecule has 0 aliphatic rings. The molecule has 12 nitrogen and oxygen atoms in total. The summed E-state index contributed by atoms with van der Waals surface area (Å²) in [5.74, 6) is 0.440. The number of para-hydroxylation sites is 1. The Hall–Kier alpha value is -3.91. The third-order valence-electron chi connectivity index (χ3n) is 5.94. The molecule has 0 spiro atoms. The second-order valence-electron chi connectivity index (χ2n) is 9.41. The molecule has 220 valence electrons. The quantitative estimate of drug-likeness (QED) is 0.247. The maximum Gasteiger partial charge on any atom is 0.247 e. The average Bonchev–Trinajstić information content (AvgIpc) is 2.93. The van der Waals surface area contributed by atoms with E-state index in [0.29, 0.717) is 29.4 Å². The van der Waals surface area contributed by atoms with E-state index in [1.165, 1.54) is 39.5 Å². The highest BCUT2D eigenvalue weighted by Gasteiger charge is 2.22. The standard InChI is InChI=1S/C27H35ClN8O4S/c1-8-25(37)30-20-15-21(23(40-7)16-22(20)36(6)14-13-34(2)3)32-27-29-17-18(28)26(33-27)31-19-11-9-10-12-24(19)41(38,39)35(4)5/h8-12,15-17H,1,13-14H2,2-7H3,(H,30,37)(H2,29,31,32,33). The SMILES string of the molecule is C=CC(=O)Nc1cc(Nc2ncc(Cl)c(Nc3ccccc3S(=O)(=O)N(C)C)n2)c(OC)cc1N(C)CCN(C)C. The molecule has 3 aromatic rings. The normalized spacial score (nSPS) is 11.3. The molecule has 0 bridgehead atoms. The Morgan fingerprint density at radius 1 is 1.05 bits per heavy atom. The second kappa shape index (κ2) is 13.6. The summed E-state index contributed by atoms with van der Waals surface area (Å²) in [5, 5.41) is 9.14. The van der Waals surface area contributed by atoms with Gasteiger partial charge < -0.3 is 30.5 Å². The number of nitrogens with zero attached hydrogens (tertiary/aromatic N) is 5. The number of likely N-dealkylation sites (N-methyl/N-ethyl adjacent to an activating group) is 2. The van der Waals surface area contributed by atoms with Crippen LogP contribution in [0.5, 0.6) is 5.75 Å². The number of ether oxygens (including phenoxy) is 1. The van der Waals surface area contributed by atoms with Gasteiger partial charge in [-0.1, -0.05) is 30.3 Å². The Kier molecular flexibility index (Phi) is 10.5. The fourth-order valence-corrected chi connectivity index (χ4v) is 4.84. The number of benzene rings is 2. The number of methoxy groups -OCH3 is 1. The molecule has 0 saturated carbocycles. The van der Waals surface area contributed by atoms with Gasteiger partial charge in [0.15, 0.2) is 5.82 Å². The van der Waals surface area contributed by atoms with Gasteiger partial charge in [0.25, 0.3) is 0 Å². The first-order valence-corrected chi connectivity index (χ1v) is 14.3. The molecule has 3 N–H and O–H groups in total. The smallest absolute Gasteiger partial charge is 0.247 e. The number of amides is 1. The number of carbonyl (C=O) groups excluding carboxylic acids is 1. The van der Waals surface area contributed by atoms with Crippen molar-refractivity contribution in [2.75, 3.05) is 76.3 Å². The lowest BCUT2D eigenvalue weighted by atomic mass is 10.2. The van der Waals surface area contributed by atoms with E-state index in [4.69, 9.17) is 16.3 Å². The first kappa shape index (κ1) is 31.6. The van der Waals surface area contributed by atoms with Crippen molar-refractivity contribution < 1.29 is 17.9 Å². The summed E-state index contributed by atoms with van der Waals surface area (Å²) < 4.78 is 32.4. The summed E-state index contributed by atoms with van der Waals surface area (Å²) >= 11 is 6.38. The topological polar surface area (TPSA) is 132 Å². The van der Waals surface area contributed by atoms with Crippen LogP contribution in [0.25, 0.3) is 0 Å². The van der Waals surface area contributed by atoms with Crippen LogP contribution in [0.3, 0.4) is 0 Å². The average molecular weight is 603 g/mol. The molecule has 0 unspecified atom stereocenters. The highest BCUT2D eigenvalue weighted by Crippen LogP contribution is 2.38. The molecule has 0 aliphatic heterocycles. The molecule has 0 saturated heterocycles. The van der Waals surface area contributed by atoms with E-state index in [0.717, 1.165) is 16.5 Å². The molecule has 2 aromatic carbocycles. The van der Waals surface area contributed by atoms with Crippen molar-refractivity contribution >= 4 is 62.0 Å². The zero-order valence-electron chi connectivity index (χ0n) is 23.9. The number of nitrogens with one attached hydrogen (secondary N) is 3. The molecule has 0 fully saturated rings. The van der Waals surface area contributed by atoms with Gasteiger partial charge in [-0.05, 0) is 38.4 Å². The summed E-state index contributed by atoms with van der Waals surface area (Å²) in [6.07, 6.45) is 2.58. The van der Waals surface area contributed by atoms with Crippen LogP contribution in [0.1, 0.15) is 0 Å². The number of halogens is 1. The van der Waals surface area contributed by atoms with Gasteiger partial charge >= 0.3 is 0 Å².